The number of anilines is 2. The van der Waals surface area contributed by atoms with Crippen LogP contribution < -0.4 is 9.80 Å². The summed E-state index contributed by atoms with van der Waals surface area (Å²) in [6.07, 6.45) is 0. The molecule has 0 aliphatic carbocycles. The van der Waals surface area contributed by atoms with Crippen molar-refractivity contribution in [2.75, 3.05) is 43.2 Å². The smallest absolute Gasteiger partial charge is 0.254 e. The number of amides is 2. The molecule has 0 N–H and O–H groups in total. The average Bonchev–Trinajstić information content (AvgIpc) is 3.07. The first-order valence-electron chi connectivity index (χ1n) is 9.42. The minimum Gasteiger partial charge on any atom is -0.378 e. The Balaban J connectivity index is 1.57. The normalized spacial score (nSPS) is 13.4. The molecule has 29 heavy (non-hydrogen) atoms. The van der Waals surface area contributed by atoms with Crippen LogP contribution >= 0.6 is 11.8 Å². The number of thioether (sulfide) groups is 1. The fraction of sp³-hybridized carbons (Fsp3) is 0.318. The molecular formula is C22H26N4O2S. The summed E-state index contributed by atoms with van der Waals surface area (Å²) in [4.78, 5) is 34.5. The summed E-state index contributed by atoms with van der Waals surface area (Å²) in [6, 6.07) is 15.9. The highest BCUT2D eigenvalue weighted by Gasteiger charge is 2.28. The van der Waals surface area contributed by atoms with Crippen molar-refractivity contribution in [1.29, 1.82) is 0 Å². The number of aliphatic imine (C=N–C) groups is 1. The van der Waals surface area contributed by atoms with E-state index in [1.165, 1.54) is 11.8 Å². The molecule has 0 aromatic heterocycles. The third-order valence-electron chi connectivity index (χ3n) is 4.71. The van der Waals surface area contributed by atoms with E-state index in [1.54, 1.807) is 16.8 Å². The lowest BCUT2D eigenvalue weighted by Gasteiger charge is -2.20. The Labute approximate surface area is 176 Å². The molecule has 0 atom stereocenters. The van der Waals surface area contributed by atoms with Gasteiger partial charge in [-0.15, -0.1) is 0 Å². The van der Waals surface area contributed by atoms with E-state index in [2.05, 4.69) is 4.99 Å². The molecule has 3 rings (SSSR count). The lowest BCUT2D eigenvalue weighted by molar-refractivity contribution is -0.127. The van der Waals surface area contributed by atoms with E-state index in [-0.39, 0.29) is 24.1 Å². The quantitative estimate of drug-likeness (QED) is 0.734. The largest absolute Gasteiger partial charge is 0.378 e. The highest BCUT2D eigenvalue weighted by Crippen LogP contribution is 2.24. The van der Waals surface area contributed by atoms with Crippen molar-refractivity contribution in [1.82, 2.24) is 4.90 Å². The molecule has 7 heteroatoms. The monoisotopic (exact) mass is 410 g/mol. The second-order valence-electron chi connectivity index (χ2n) is 7.26. The number of hydrogen-bond acceptors (Lipinski definition) is 5. The Morgan fingerprint density at radius 1 is 1.07 bits per heavy atom. The molecule has 1 aliphatic heterocycles. The lowest BCUT2D eigenvalue weighted by Crippen LogP contribution is -2.33. The van der Waals surface area contributed by atoms with Gasteiger partial charge in [0, 0.05) is 33.4 Å². The average molecular weight is 411 g/mol. The fourth-order valence-corrected chi connectivity index (χ4v) is 3.90. The standard InChI is InChI=1S/C22H26N4O2S/c1-16-5-9-19(10-6-16)26-20(27)13-23-22(26)29-15-21(28)25(4)14-17-7-11-18(12-8-17)24(2)3/h5-12H,13-15H2,1-4H3. The van der Waals surface area contributed by atoms with Crippen LogP contribution in [0.2, 0.25) is 0 Å². The number of aryl methyl sites for hydroxylation is 1. The first kappa shape index (κ1) is 20.9. The Morgan fingerprint density at radius 2 is 1.72 bits per heavy atom. The van der Waals surface area contributed by atoms with E-state index < -0.39 is 0 Å². The van der Waals surface area contributed by atoms with E-state index in [9.17, 15) is 9.59 Å². The second kappa shape index (κ2) is 9.13. The number of rotatable bonds is 6. The summed E-state index contributed by atoms with van der Waals surface area (Å²) >= 11 is 1.31. The maximum absolute atomic E-state index is 12.6. The van der Waals surface area contributed by atoms with E-state index in [0.717, 1.165) is 22.5 Å². The molecule has 2 aromatic carbocycles. The predicted octanol–water partition coefficient (Wildman–Crippen LogP) is 3.16. The summed E-state index contributed by atoms with van der Waals surface area (Å²) < 4.78 is 0. The molecule has 0 unspecified atom stereocenters. The first-order valence-corrected chi connectivity index (χ1v) is 10.4. The van der Waals surface area contributed by atoms with Crippen molar-refractivity contribution in [2.24, 2.45) is 4.99 Å². The van der Waals surface area contributed by atoms with Gasteiger partial charge >= 0.3 is 0 Å². The van der Waals surface area contributed by atoms with E-state index in [0.29, 0.717) is 11.7 Å². The minimum absolute atomic E-state index is 0.00223. The van der Waals surface area contributed by atoms with Gasteiger partial charge in [-0.25, -0.2) is 0 Å². The van der Waals surface area contributed by atoms with Crippen LogP contribution in [0.5, 0.6) is 0 Å². The zero-order valence-electron chi connectivity index (χ0n) is 17.3. The molecule has 0 spiro atoms. The zero-order chi connectivity index (χ0) is 21.0. The van der Waals surface area contributed by atoms with Gasteiger partial charge in [0.1, 0.15) is 6.54 Å². The van der Waals surface area contributed by atoms with Gasteiger partial charge in [0.15, 0.2) is 5.17 Å². The SMILES string of the molecule is Cc1ccc(N2C(=O)CN=C2SCC(=O)N(C)Cc2ccc(N(C)C)cc2)cc1. The number of carbonyl (C=O) groups excluding carboxylic acids is 2. The molecule has 0 fully saturated rings. The van der Waals surface area contributed by atoms with Crippen LogP contribution in [-0.4, -0.2) is 55.3 Å². The molecule has 0 radical (unpaired) electrons. The fourth-order valence-electron chi connectivity index (χ4n) is 2.94. The third-order valence-corrected chi connectivity index (χ3v) is 5.67. The van der Waals surface area contributed by atoms with Crippen molar-refractivity contribution < 1.29 is 9.59 Å². The van der Waals surface area contributed by atoms with E-state index in [1.807, 2.05) is 74.4 Å². The number of nitrogens with zero attached hydrogens (tertiary/aromatic N) is 4. The van der Waals surface area contributed by atoms with Crippen LogP contribution in [0, 0.1) is 6.92 Å². The maximum atomic E-state index is 12.6. The minimum atomic E-state index is -0.0712. The molecular weight excluding hydrogens is 384 g/mol. The van der Waals surface area contributed by atoms with Crippen molar-refractivity contribution in [3.8, 4) is 0 Å². The Morgan fingerprint density at radius 3 is 2.34 bits per heavy atom. The van der Waals surface area contributed by atoms with Crippen LogP contribution in [0.3, 0.4) is 0 Å². The number of benzene rings is 2. The summed E-state index contributed by atoms with van der Waals surface area (Å²) in [5.41, 5.74) is 4.11. The summed E-state index contributed by atoms with van der Waals surface area (Å²) in [5, 5.41) is 0.580. The number of carbonyl (C=O) groups is 2. The molecule has 2 aromatic rings. The van der Waals surface area contributed by atoms with E-state index in [4.69, 9.17) is 0 Å². The summed E-state index contributed by atoms with van der Waals surface area (Å²) in [5.74, 6) is 0.163. The van der Waals surface area contributed by atoms with Crippen molar-refractivity contribution in [3.05, 3.63) is 59.7 Å². The van der Waals surface area contributed by atoms with E-state index >= 15 is 0 Å². The summed E-state index contributed by atoms with van der Waals surface area (Å²) in [7, 11) is 5.79. The Kier molecular flexibility index (Phi) is 6.59. The van der Waals surface area contributed by atoms with Gasteiger partial charge in [0.2, 0.25) is 5.91 Å². The first-order chi connectivity index (χ1) is 13.8. The second-order valence-corrected chi connectivity index (χ2v) is 8.21. The van der Waals surface area contributed by atoms with Crippen LogP contribution in [0.25, 0.3) is 0 Å². The number of amidine groups is 1. The van der Waals surface area contributed by atoms with Gasteiger partial charge in [0.05, 0.1) is 11.4 Å². The van der Waals surface area contributed by atoms with Gasteiger partial charge in [-0.05, 0) is 36.8 Å². The zero-order valence-corrected chi connectivity index (χ0v) is 18.1. The van der Waals surface area contributed by atoms with Crippen LogP contribution in [0.4, 0.5) is 11.4 Å². The molecule has 1 heterocycles. The molecule has 152 valence electrons. The molecule has 1 aliphatic rings. The molecule has 0 saturated heterocycles. The topological polar surface area (TPSA) is 56.2 Å². The van der Waals surface area contributed by atoms with Crippen LogP contribution in [-0.2, 0) is 16.1 Å². The van der Waals surface area contributed by atoms with Gasteiger partial charge in [-0.2, -0.15) is 0 Å². The Bertz CT molecular complexity index is 907. The Hall–Kier alpha value is -2.80. The van der Waals surface area contributed by atoms with Gasteiger partial charge in [-0.1, -0.05) is 41.6 Å². The van der Waals surface area contributed by atoms with Gasteiger partial charge in [-0.3, -0.25) is 19.5 Å². The maximum Gasteiger partial charge on any atom is 0.254 e. The van der Waals surface area contributed by atoms with Crippen molar-refractivity contribution >= 4 is 40.1 Å². The summed E-state index contributed by atoms with van der Waals surface area (Å²) in [6.45, 7) is 2.67. The highest BCUT2D eigenvalue weighted by molar-refractivity contribution is 8.14. The van der Waals surface area contributed by atoms with Crippen molar-refractivity contribution in [2.45, 2.75) is 13.5 Å². The predicted molar refractivity (Wildman–Crippen MR) is 121 cm³/mol. The molecule has 0 bridgehead atoms. The highest BCUT2D eigenvalue weighted by atomic mass is 32.2. The van der Waals surface area contributed by atoms with Gasteiger partial charge in [0.25, 0.3) is 5.91 Å². The molecule has 2 amide bonds. The van der Waals surface area contributed by atoms with Gasteiger partial charge < -0.3 is 9.80 Å². The van der Waals surface area contributed by atoms with Crippen molar-refractivity contribution in [3.63, 3.8) is 0 Å². The third kappa shape index (κ3) is 5.17. The lowest BCUT2D eigenvalue weighted by atomic mass is 10.2. The molecule has 6 nitrogen and oxygen atoms in total. The van der Waals surface area contributed by atoms with Crippen LogP contribution in [0.15, 0.2) is 53.5 Å². The number of hydrogen-bond donors (Lipinski definition) is 0. The molecule has 0 saturated carbocycles. The van der Waals surface area contributed by atoms with Crippen LogP contribution in [0.1, 0.15) is 11.1 Å².